The summed E-state index contributed by atoms with van der Waals surface area (Å²) >= 11 is 5.78. The van der Waals surface area contributed by atoms with E-state index in [1.165, 1.54) is 6.07 Å². The first-order valence-corrected chi connectivity index (χ1v) is 7.20. The molecular weight excluding hydrogens is 305 g/mol. The third kappa shape index (κ3) is 4.49. The zero-order valence-electron chi connectivity index (χ0n) is 11.4. The fourth-order valence-corrected chi connectivity index (χ4v) is 2.77. The van der Waals surface area contributed by atoms with Gasteiger partial charge in [0.25, 0.3) is 0 Å². The molecule has 0 spiro atoms. The van der Waals surface area contributed by atoms with Crippen molar-refractivity contribution in [3.8, 4) is 0 Å². The van der Waals surface area contributed by atoms with Crippen molar-refractivity contribution in [1.29, 1.82) is 0 Å². The van der Waals surface area contributed by atoms with E-state index < -0.39 is 11.7 Å². The first-order valence-electron chi connectivity index (χ1n) is 6.82. The number of anilines is 1. The quantitative estimate of drug-likeness (QED) is 0.891. The second-order valence-corrected chi connectivity index (χ2v) is 5.60. The van der Waals surface area contributed by atoms with Crippen molar-refractivity contribution in [2.45, 2.75) is 25.1 Å². The number of hydrogen-bond donors (Lipinski definition) is 2. The molecule has 0 amide bonds. The molecule has 2 rings (SSSR count). The lowest BCUT2D eigenvalue weighted by Crippen LogP contribution is -2.39. The molecule has 3 nitrogen and oxygen atoms in total. The van der Waals surface area contributed by atoms with E-state index in [2.05, 4.69) is 5.32 Å². The van der Waals surface area contributed by atoms with Crippen molar-refractivity contribution in [3.05, 3.63) is 28.8 Å². The largest absolute Gasteiger partial charge is 0.416 e. The van der Waals surface area contributed by atoms with Crippen LogP contribution < -0.4 is 11.1 Å². The maximum absolute atomic E-state index is 12.8. The van der Waals surface area contributed by atoms with Gasteiger partial charge in [-0.25, -0.2) is 0 Å². The van der Waals surface area contributed by atoms with E-state index in [1.807, 2.05) is 0 Å². The molecule has 1 aliphatic heterocycles. The monoisotopic (exact) mass is 322 g/mol. The van der Waals surface area contributed by atoms with Crippen LogP contribution in [-0.2, 0) is 10.9 Å². The molecule has 1 aromatic carbocycles. The van der Waals surface area contributed by atoms with Gasteiger partial charge >= 0.3 is 6.18 Å². The summed E-state index contributed by atoms with van der Waals surface area (Å²) in [4.78, 5) is 0. The summed E-state index contributed by atoms with van der Waals surface area (Å²) < 4.78 is 43.7. The summed E-state index contributed by atoms with van der Waals surface area (Å²) in [5.74, 6) is 0.289. The summed E-state index contributed by atoms with van der Waals surface area (Å²) in [5.41, 5.74) is 5.34. The van der Waals surface area contributed by atoms with E-state index >= 15 is 0 Å². The van der Waals surface area contributed by atoms with Crippen LogP contribution in [0.2, 0.25) is 5.02 Å². The second-order valence-electron chi connectivity index (χ2n) is 5.16. The molecule has 7 heteroatoms. The molecule has 0 radical (unpaired) electrons. The minimum absolute atomic E-state index is 0.0510. The van der Waals surface area contributed by atoms with Crippen molar-refractivity contribution in [2.75, 3.05) is 25.1 Å². The van der Waals surface area contributed by atoms with Gasteiger partial charge in [-0.2, -0.15) is 13.2 Å². The molecule has 21 heavy (non-hydrogen) atoms. The van der Waals surface area contributed by atoms with Crippen LogP contribution in [0.3, 0.4) is 0 Å². The van der Waals surface area contributed by atoms with Gasteiger partial charge in [-0.1, -0.05) is 11.6 Å². The van der Waals surface area contributed by atoms with Gasteiger partial charge < -0.3 is 15.8 Å². The molecule has 3 N–H and O–H groups in total. The Morgan fingerprint density at radius 1 is 1.29 bits per heavy atom. The highest BCUT2D eigenvalue weighted by Gasteiger charge is 2.31. The molecule has 118 valence electrons. The number of halogens is 4. The van der Waals surface area contributed by atoms with Gasteiger partial charge in [-0.05, 0) is 37.0 Å². The minimum atomic E-state index is -4.42. The zero-order chi connectivity index (χ0) is 15.5. The van der Waals surface area contributed by atoms with Gasteiger partial charge in [0.15, 0.2) is 0 Å². The van der Waals surface area contributed by atoms with Gasteiger partial charge in [0, 0.05) is 36.5 Å². The van der Waals surface area contributed by atoms with Crippen molar-refractivity contribution < 1.29 is 17.9 Å². The Bertz CT molecular complexity index is 476. The number of hydrogen-bond acceptors (Lipinski definition) is 3. The number of rotatable bonds is 4. The average molecular weight is 323 g/mol. The van der Waals surface area contributed by atoms with Crippen molar-refractivity contribution in [2.24, 2.45) is 11.7 Å². The highest BCUT2D eigenvalue weighted by molar-refractivity contribution is 6.30. The molecule has 1 unspecified atom stereocenters. The molecular formula is C14H18ClF3N2O. The topological polar surface area (TPSA) is 47.3 Å². The molecule has 0 aromatic heterocycles. The van der Waals surface area contributed by atoms with Gasteiger partial charge in [-0.15, -0.1) is 0 Å². The van der Waals surface area contributed by atoms with Crippen LogP contribution in [0.25, 0.3) is 0 Å². The fraction of sp³-hybridized carbons (Fsp3) is 0.571. The number of alkyl halides is 3. The van der Waals surface area contributed by atoms with E-state index in [1.54, 1.807) is 0 Å². The van der Waals surface area contributed by atoms with Gasteiger partial charge in [-0.3, -0.25) is 0 Å². The third-order valence-corrected chi connectivity index (χ3v) is 3.88. The van der Waals surface area contributed by atoms with Crippen molar-refractivity contribution in [1.82, 2.24) is 0 Å². The van der Waals surface area contributed by atoms with Crippen LogP contribution in [0.1, 0.15) is 18.4 Å². The van der Waals surface area contributed by atoms with E-state index in [4.69, 9.17) is 22.1 Å². The predicted molar refractivity (Wildman–Crippen MR) is 76.5 cm³/mol. The van der Waals surface area contributed by atoms with E-state index in [0.29, 0.717) is 25.4 Å². The van der Waals surface area contributed by atoms with Crippen LogP contribution in [0.5, 0.6) is 0 Å². The van der Waals surface area contributed by atoms with Crippen molar-refractivity contribution >= 4 is 17.3 Å². The lowest BCUT2D eigenvalue weighted by atomic mass is 9.91. The smallest absolute Gasteiger partial charge is 0.381 e. The Hall–Kier alpha value is -0.980. The number of benzene rings is 1. The van der Waals surface area contributed by atoms with Gasteiger partial charge in [0.05, 0.1) is 5.56 Å². The molecule has 1 fully saturated rings. The maximum atomic E-state index is 12.8. The lowest BCUT2D eigenvalue weighted by molar-refractivity contribution is -0.137. The third-order valence-electron chi connectivity index (χ3n) is 3.67. The van der Waals surface area contributed by atoms with E-state index in [9.17, 15) is 13.2 Å². The van der Waals surface area contributed by atoms with Gasteiger partial charge in [0.2, 0.25) is 0 Å². The van der Waals surface area contributed by atoms with Crippen LogP contribution >= 0.6 is 11.6 Å². The summed E-state index contributed by atoms with van der Waals surface area (Å²) in [6, 6.07) is 3.37. The highest BCUT2D eigenvalue weighted by atomic mass is 35.5. The SMILES string of the molecule is NCC(Nc1cc(Cl)cc(C(F)(F)F)c1)C1CCOCC1. The normalized spacial score (nSPS) is 18.5. The number of nitrogens with two attached hydrogens (primary N) is 1. The van der Waals surface area contributed by atoms with Crippen LogP contribution in [-0.4, -0.2) is 25.8 Å². The molecule has 0 aliphatic carbocycles. The predicted octanol–water partition coefficient (Wildman–Crippen LogP) is 3.52. The first kappa shape index (κ1) is 16.4. The number of ether oxygens (including phenoxy) is 1. The van der Waals surface area contributed by atoms with Crippen LogP contribution in [0.4, 0.5) is 18.9 Å². The lowest BCUT2D eigenvalue weighted by Gasteiger charge is -2.31. The minimum Gasteiger partial charge on any atom is -0.381 e. The Morgan fingerprint density at radius 3 is 2.52 bits per heavy atom. The Kier molecular flexibility index (Phi) is 5.35. The van der Waals surface area contributed by atoms with Crippen LogP contribution in [0.15, 0.2) is 18.2 Å². The summed E-state index contributed by atoms with van der Waals surface area (Å²) in [7, 11) is 0. The van der Waals surface area contributed by atoms with Crippen molar-refractivity contribution in [3.63, 3.8) is 0 Å². The highest BCUT2D eigenvalue weighted by Crippen LogP contribution is 2.34. The average Bonchev–Trinajstić information content (AvgIpc) is 2.44. The van der Waals surface area contributed by atoms with E-state index in [0.717, 1.165) is 25.0 Å². The number of nitrogens with one attached hydrogen (secondary N) is 1. The molecule has 0 bridgehead atoms. The molecule has 1 heterocycles. The van der Waals surface area contributed by atoms with Gasteiger partial charge in [0.1, 0.15) is 0 Å². The molecule has 1 aromatic rings. The standard InChI is InChI=1S/C14H18ClF3N2O/c15-11-5-10(14(16,17)18)6-12(7-11)20-13(8-19)9-1-3-21-4-2-9/h5-7,9,13,20H,1-4,8,19H2. The molecule has 1 atom stereocenters. The Balaban J connectivity index is 2.15. The maximum Gasteiger partial charge on any atom is 0.416 e. The van der Waals surface area contributed by atoms with E-state index in [-0.39, 0.29) is 17.0 Å². The Morgan fingerprint density at radius 2 is 1.95 bits per heavy atom. The fourth-order valence-electron chi connectivity index (χ4n) is 2.54. The summed E-state index contributed by atoms with van der Waals surface area (Å²) in [6.45, 7) is 1.66. The zero-order valence-corrected chi connectivity index (χ0v) is 12.2. The molecule has 1 saturated heterocycles. The molecule has 0 saturated carbocycles. The second kappa shape index (κ2) is 6.85. The van der Waals surface area contributed by atoms with Crippen LogP contribution in [0, 0.1) is 5.92 Å². The summed E-state index contributed by atoms with van der Waals surface area (Å²) in [5, 5.41) is 3.14. The molecule has 1 aliphatic rings. The first-order chi connectivity index (χ1) is 9.90. The Labute approximate surface area is 126 Å². The summed E-state index contributed by atoms with van der Waals surface area (Å²) in [6.07, 6.45) is -2.72.